The second kappa shape index (κ2) is 6.52. The van der Waals surface area contributed by atoms with Crippen LogP contribution in [0.3, 0.4) is 0 Å². The number of nitrogens with zero attached hydrogens (tertiary/aromatic N) is 2. The summed E-state index contributed by atoms with van der Waals surface area (Å²) in [4.78, 5) is 14.9. The van der Waals surface area contributed by atoms with Gasteiger partial charge in [-0.25, -0.2) is 0 Å². The molecular formula is C19H17F9N2O2. The molecule has 0 N–H and O–H groups in total. The van der Waals surface area contributed by atoms with E-state index in [1.54, 1.807) is 20.0 Å². The average molecular weight is 476 g/mol. The van der Waals surface area contributed by atoms with Crippen LogP contribution in [-0.2, 0) is 9.53 Å². The first-order valence-electron chi connectivity index (χ1n) is 9.52. The van der Waals surface area contributed by atoms with Crippen LogP contribution in [-0.4, -0.2) is 66.7 Å². The van der Waals surface area contributed by atoms with Gasteiger partial charge in [-0.3, -0.25) is 9.53 Å². The van der Waals surface area contributed by atoms with Crippen LogP contribution in [0.2, 0.25) is 0 Å². The van der Waals surface area contributed by atoms with Crippen molar-refractivity contribution in [3.05, 3.63) is 29.3 Å². The second-order valence-corrected chi connectivity index (χ2v) is 8.40. The van der Waals surface area contributed by atoms with Gasteiger partial charge in [-0.05, 0) is 38.6 Å². The summed E-state index contributed by atoms with van der Waals surface area (Å²) in [5.41, 5.74) is 0.922. The van der Waals surface area contributed by atoms with Crippen molar-refractivity contribution < 1.29 is 49.0 Å². The molecule has 3 aliphatic heterocycles. The molecule has 3 aliphatic rings. The fourth-order valence-corrected chi connectivity index (χ4v) is 4.59. The van der Waals surface area contributed by atoms with Crippen LogP contribution in [0, 0.1) is 6.92 Å². The number of aryl methyl sites for hydroxylation is 1. The Bertz CT molecular complexity index is 970. The fourth-order valence-electron chi connectivity index (χ4n) is 4.59. The lowest BCUT2D eigenvalue weighted by Crippen LogP contribution is -2.66. The number of hydrogen-bond donors (Lipinski definition) is 0. The van der Waals surface area contributed by atoms with E-state index in [2.05, 4.69) is 4.74 Å². The molecule has 1 amide bonds. The Morgan fingerprint density at radius 2 is 1.72 bits per heavy atom. The van der Waals surface area contributed by atoms with Gasteiger partial charge in [-0.15, -0.1) is 0 Å². The molecule has 0 aliphatic carbocycles. The van der Waals surface area contributed by atoms with Gasteiger partial charge in [0, 0.05) is 24.2 Å². The van der Waals surface area contributed by atoms with Crippen LogP contribution in [0.25, 0.3) is 0 Å². The molecule has 4 rings (SSSR count). The first-order chi connectivity index (χ1) is 14.5. The smallest absolute Gasteiger partial charge is 0.306 e. The van der Waals surface area contributed by atoms with E-state index >= 15 is 0 Å². The molecule has 2 fully saturated rings. The number of halogens is 9. The van der Waals surface area contributed by atoms with Crippen LogP contribution in [0.4, 0.5) is 45.2 Å². The first kappa shape index (κ1) is 23.1. The normalized spacial score (nSPS) is 33.2. The van der Waals surface area contributed by atoms with Gasteiger partial charge in [0.25, 0.3) is 0 Å². The molecule has 0 bridgehead atoms. The number of likely N-dealkylation sites (N-methyl/N-ethyl adjacent to an activating group) is 1. The van der Waals surface area contributed by atoms with Crippen molar-refractivity contribution in [1.29, 1.82) is 0 Å². The van der Waals surface area contributed by atoms with E-state index in [9.17, 15) is 44.3 Å². The number of ether oxygens (including phenoxy) is 1. The summed E-state index contributed by atoms with van der Waals surface area (Å²) in [7, 11) is 1.72. The molecule has 0 spiro atoms. The number of carbonyl (C=O) groups excluding carboxylic acids is 1. The summed E-state index contributed by atoms with van der Waals surface area (Å²) in [5.74, 6) is -28.9. The third kappa shape index (κ3) is 2.63. The van der Waals surface area contributed by atoms with Gasteiger partial charge in [0.2, 0.25) is 0 Å². The van der Waals surface area contributed by atoms with Crippen LogP contribution < -0.4 is 4.90 Å². The second-order valence-electron chi connectivity index (χ2n) is 8.40. The largest absolute Gasteiger partial charge is 0.428 e. The standard InChI is InChI=1S/C19H17F9N2O2/c1-9-3-4-12-10(7-9)11-8-29(2)6-5-13(11)30(12)14(31)15(20,21)18(26)16(22,23)17(24,25)19(27,28)32-18/h3-4,7,11,13H,5-6,8H2,1-2H3/t11-,13+,18-/m0/s1. The molecule has 0 saturated carbocycles. The van der Waals surface area contributed by atoms with E-state index in [1.165, 1.54) is 12.1 Å². The molecule has 0 radical (unpaired) electrons. The van der Waals surface area contributed by atoms with Crippen LogP contribution in [0.1, 0.15) is 23.5 Å². The highest BCUT2D eigenvalue weighted by atomic mass is 19.4. The van der Waals surface area contributed by atoms with Crippen LogP contribution >= 0.6 is 0 Å². The predicted octanol–water partition coefficient (Wildman–Crippen LogP) is 4.32. The maximum absolute atomic E-state index is 14.9. The minimum absolute atomic E-state index is 0.0690. The van der Waals surface area contributed by atoms with E-state index < -0.39 is 47.6 Å². The molecule has 1 aromatic carbocycles. The fraction of sp³-hybridized carbons (Fsp3) is 0.632. The zero-order valence-corrected chi connectivity index (χ0v) is 16.6. The van der Waals surface area contributed by atoms with Gasteiger partial charge in [0.05, 0.1) is 0 Å². The molecule has 2 saturated heterocycles. The number of carbonyl (C=O) groups is 1. The van der Waals surface area contributed by atoms with Crippen molar-refractivity contribution in [1.82, 2.24) is 4.90 Å². The third-order valence-corrected chi connectivity index (χ3v) is 6.28. The van der Waals surface area contributed by atoms with Gasteiger partial charge in [-0.2, -0.15) is 39.5 Å². The van der Waals surface area contributed by atoms with E-state index in [0.717, 1.165) is 0 Å². The van der Waals surface area contributed by atoms with Crippen LogP contribution in [0.5, 0.6) is 0 Å². The molecule has 178 valence electrons. The van der Waals surface area contributed by atoms with Crippen LogP contribution in [0.15, 0.2) is 18.2 Å². The van der Waals surface area contributed by atoms with E-state index in [0.29, 0.717) is 22.6 Å². The number of rotatable bonds is 2. The van der Waals surface area contributed by atoms with Gasteiger partial charge < -0.3 is 9.80 Å². The summed E-state index contributed by atoms with van der Waals surface area (Å²) >= 11 is 0. The quantitative estimate of drug-likeness (QED) is 0.597. The summed E-state index contributed by atoms with van der Waals surface area (Å²) < 4.78 is 129. The number of alkyl halides is 9. The predicted molar refractivity (Wildman–Crippen MR) is 92.0 cm³/mol. The number of hydrogen-bond acceptors (Lipinski definition) is 3. The van der Waals surface area contributed by atoms with Gasteiger partial charge in [0.15, 0.2) is 0 Å². The molecule has 1 aromatic rings. The van der Waals surface area contributed by atoms with E-state index in [-0.39, 0.29) is 18.7 Å². The Hall–Kier alpha value is -2.02. The molecule has 32 heavy (non-hydrogen) atoms. The number of benzene rings is 1. The zero-order chi connectivity index (χ0) is 24.1. The molecule has 3 atom stereocenters. The number of fused-ring (bicyclic) bond motifs is 3. The lowest BCUT2D eigenvalue weighted by atomic mass is 9.88. The molecule has 13 heteroatoms. The summed E-state index contributed by atoms with van der Waals surface area (Å²) in [5, 5.41) is 0. The minimum Gasteiger partial charge on any atom is -0.306 e. The van der Waals surface area contributed by atoms with Crippen molar-refractivity contribution in [2.45, 2.75) is 55.0 Å². The third-order valence-electron chi connectivity index (χ3n) is 6.28. The van der Waals surface area contributed by atoms with Gasteiger partial charge in [0.1, 0.15) is 0 Å². The maximum Gasteiger partial charge on any atom is 0.428 e. The molecule has 4 nitrogen and oxygen atoms in total. The van der Waals surface area contributed by atoms with E-state index in [4.69, 9.17) is 0 Å². The summed E-state index contributed by atoms with van der Waals surface area (Å²) in [6.07, 6.45) is -6.20. The molecule has 0 unspecified atom stereocenters. The Labute approximate surface area is 175 Å². The first-order valence-corrected chi connectivity index (χ1v) is 9.52. The lowest BCUT2D eigenvalue weighted by Gasteiger charge is -2.39. The topological polar surface area (TPSA) is 32.8 Å². The lowest BCUT2D eigenvalue weighted by molar-refractivity contribution is -0.366. The number of likely N-dealkylation sites (tertiary alicyclic amines) is 1. The minimum atomic E-state index is -6.70. The highest BCUT2D eigenvalue weighted by Gasteiger charge is 2.96. The molecule has 0 aromatic heterocycles. The average Bonchev–Trinajstić information content (AvgIpc) is 3.03. The van der Waals surface area contributed by atoms with Crippen molar-refractivity contribution in [2.24, 2.45) is 0 Å². The zero-order valence-electron chi connectivity index (χ0n) is 16.6. The summed E-state index contributed by atoms with van der Waals surface area (Å²) in [6.45, 7) is 2.25. The maximum atomic E-state index is 14.9. The number of amides is 1. The number of anilines is 1. The summed E-state index contributed by atoms with van der Waals surface area (Å²) in [6, 6.07) is 3.19. The number of piperidine rings is 1. The Kier molecular flexibility index (Phi) is 4.72. The van der Waals surface area contributed by atoms with Crippen molar-refractivity contribution in [2.75, 3.05) is 25.0 Å². The van der Waals surface area contributed by atoms with Crippen molar-refractivity contribution in [3.63, 3.8) is 0 Å². The van der Waals surface area contributed by atoms with E-state index in [1.807, 2.05) is 4.90 Å². The van der Waals surface area contributed by atoms with Gasteiger partial charge >= 0.3 is 35.6 Å². The highest BCUT2D eigenvalue weighted by molar-refractivity contribution is 6.02. The van der Waals surface area contributed by atoms with Crippen molar-refractivity contribution >= 4 is 11.6 Å². The Balaban J connectivity index is 1.80. The molecular weight excluding hydrogens is 459 g/mol. The SMILES string of the molecule is Cc1ccc2c(c1)[C@@H]1CN(C)CC[C@H]1N2C(=O)C(F)(F)[C@]1(F)OC(F)(F)C(F)(F)C1(F)F. The highest BCUT2D eigenvalue weighted by Crippen LogP contribution is 2.65. The van der Waals surface area contributed by atoms with Gasteiger partial charge in [-0.1, -0.05) is 17.7 Å². The molecule has 3 heterocycles. The van der Waals surface area contributed by atoms with Crippen molar-refractivity contribution in [3.8, 4) is 0 Å². The Morgan fingerprint density at radius 3 is 2.28 bits per heavy atom. The Morgan fingerprint density at radius 1 is 1.09 bits per heavy atom. The monoisotopic (exact) mass is 476 g/mol.